The van der Waals surface area contributed by atoms with Gasteiger partial charge in [0.2, 0.25) is 0 Å². The lowest BCUT2D eigenvalue weighted by Gasteiger charge is -2.01. The first-order valence-corrected chi connectivity index (χ1v) is 5.14. The van der Waals surface area contributed by atoms with E-state index in [-0.39, 0.29) is 0 Å². The summed E-state index contributed by atoms with van der Waals surface area (Å²) < 4.78 is 0. The molecule has 1 aromatic carbocycles. The average Bonchev–Trinajstić information content (AvgIpc) is 2.25. The van der Waals surface area contributed by atoms with Crippen molar-refractivity contribution in [1.82, 2.24) is 0 Å². The molecule has 0 aliphatic rings. The number of hydrogen-bond acceptors (Lipinski definition) is 2. The molecule has 0 saturated heterocycles. The summed E-state index contributed by atoms with van der Waals surface area (Å²) in [5, 5.41) is 9.40. The van der Waals surface area contributed by atoms with Crippen molar-refractivity contribution in [3.63, 3.8) is 0 Å². The van der Waals surface area contributed by atoms with Gasteiger partial charge in [-0.1, -0.05) is 28.1 Å². The molecule has 0 aliphatic carbocycles. The maximum atomic E-state index is 10.2. The Kier molecular flexibility index (Phi) is 4.09. The van der Waals surface area contributed by atoms with E-state index < -0.39 is 0 Å². The third kappa shape index (κ3) is 2.54. The lowest BCUT2D eigenvalue weighted by molar-refractivity contribution is -0.104. The molecule has 1 rings (SSSR count). The van der Waals surface area contributed by atoms with Crippen molar-refractivity contribution in [2.75, 3.05) is 0 Å². The Morgan fingerprint density at radius 3 is 2.86 bits per heavy atom. The standard InChI is InChI=1S/C11H8BrNO/c12-7-11-4-3-9(8-13)6-10(11)2-1-5-14/h1-6H,7H2. The van der Waals surface area contributed by atoms with Crippen LogP contribution in [0.5, 0.6) is 0 Å². The highest BCUT2D eigenvalue weighted by Crippen LogP contribution is 2.16. The summed E-state index contributed by atoms with van der Waals surface area (Å²) in [4.78, 5) is 10.2. The van der Waals surface area contributed by atoms with E-state index in [2.05, 4.69) is 22.0 Å². The minimum atomic E-state index is 0.597. The largest absolute Gasteiger partial charge is 0.299 e. The lowest BCUT2D eigenvalue weighted by Crippen LogP contribution is -1.86. The molecule has 14 heavy (non-hydrogen) atoms. The number of rotatable bonds is 3. The molecule has 0 saturated carbocycles. The van der Waals surface area contributed by atoms with Crippen LogP contribution in [0.25, 0.3) is 6.08 Å². The number of carbonyl (C=O) groups excluding carboxylic acids is 1. The molecule has 0 aliphatic heterocycles. The van der Waals surface area contributed by atoms with Crippen molar-refractivity contribution in [1.29, 1.82) is 5.26 Å². The highest BCUT2D eigenvalue weighted by Gasteiger charge is 1.99. The number of nitrogens with zero attached hydrogens (tertiary/aromatic N) is 1. The molecular formula is C11H8BrNO. The van der Waals surface area contributed by atoms with Gasteiger partial charge in [0.05, 0.1) is 11.6 Å². The minimum Gasteiger partial charge on any atom is -0.299 e. The summed E-state index contributed by atoms with van der Waals surface area (Å²) in [5.74, 6) is 0. The Labute approximate surface area is 91.0 Å². The van der Waals surface area contributed by atoms with E-state index in [0.29, 0.717) is 10.9 Å². The Morgan fingerprint density at radius 1 is 1.50 bits per heavy atom. The quantitative estimate of drug-likeness (QED) is 0.470. The summed E-state index contributed by atoms with van der Waals surface area (Å²) >= 11 is 3.34. The molecule has 0 N–H and O–H groups in total. The summed E-state index contributed by atoms with van der Waals surface area (Å²) in [5.41, 5.74) is 2.55. The summed E-state index contributed by atoms with van der Waals surface area (Å²) in [7, 11) is 0. The fourth-order valence-corrected chi connectivity index (χ4v) is 1.59. The molecule has 3 heteroatoms. The van der Waals surface area contributed by atoms with E-state index >= 15 is 0 Å². The number of benzene rings is 1. The van der Waals surface area contributed by atoms with E-state index in [4.69, 9.17) is 5.26 Å². The van der Waals surface area contributed by atoms with Crippen LogP contribution >= 0.6 is 15.9 Å². The Morgan fingerprint density at radius 2 is 2.29 bits per heavy atom. The van der Waals surface area contributed by atoms with Gasteiger partial charge in [-0.15, -0.1) is 0 Å². The van der Waals surface area contributed by atoms with E-state index in [1.165, 1.54) is 6.08 Å². The highest BCUT2D eigenvalue weighted by atomic mass is 79.9. The summed E-state index contributed by atoms with van der Waals surface area (Å²) in [6.45, 7) is 0. The van der Waals surface area contributed by atoms with Crippen molar-refractivity contribution in [3.8, 4) is 6.07 Å². The first-order chi connectivity index (χ1) is 6.81. The second-order valence-electron chi connectivity index (χ2n) is 2.65. The topological polar surface area (TPSA) is 40.9 Å². The Bertz CT molecular complexity index is 404. The van der Waals surface area contributed by atoms with Crippen molar-refractivity contribution >= 4 is 28.3 Å². The molecule has 1 aromatic rings. The molecule has 0 atom stereocenters. The van der Waals surface area contributed by atoms with Crippen LogP contribution in [0.15, 0.2) is 24.3 Å². The SMILES string of the molecule is N#Cc1ccc(CBr)c(C=CC=O)c1. The van der Waals surface area contributed by atoms with Gasteiger partial charge in [0.1, 0.15) is 6.29 Å². The number of halogens is 1. The second-order valence-corrected chi connectivity index (χ2v) is 3.21. The molecule has 0 amide bonds. The van der Waals surface area contributed by atoms with Crippen LogP contribution in [0.4, 0.5) is 0 Å². The first kappa shape index (κ1) is 10.7. The van der Waals surface area contributed by atoms with Crippen LogP contribution in [0.2, 0.25) is 0 Å². The molecule has 0 fully saturated rings. The zero-order valence-corrected chi connectivity index (χ0v) is 8.99. The fraction of sp³-hybridized carbons (Fsp3) is 0.0909. The fourth-order valence-electron chi connectivity index (χ4n) is 1.08. The normalized spacial score (nSPS) is 10.0. The van der Waals surface area contributed by atoms with Gasteiger partial charge in [0.25, 0.3) is 0 Å². The van der Waals surface area contributed by atoms with Crippen molar-refractivity contribution in [2.24, 2.45) is 0 Å². The van der Waals surface area contributed by atoms with Crippen molar-refractivity contribution in [3.05, 3.63) is 41.0 Å². The number of alkyl halides is 1. The molecule has 0 radical (unpaired) electrons. The molecule has 0 bridgehead atoms. The van der Waals surface area contributed by atoms with Crippen LogP contribution in [-0.2, 0) is 10.1 Å². The predicted octanol–water partition coefficient (Wildman–Crippen LogP) is 2.67. The average molecular weight is 250 g/mol. The molecule has 70 valence electrons. The summed E-state index contributed by atoms with van der Waals surface area (Å²) in [6, 6.07) is 7.45. The van der Waals surface area contributed by atoms with Crippen LogP contribution in [0.1, 0.15) is 16.7 Å². The van der Waals surface area contributed by atoms with Gasteiger partial charge in [0.15, 0.2) is 0 Å². The maximum Gasteiger partial charge on any atom is 0.142 e. The van der Waals surface area contributed by atoms with Gasteiger partial charge in [-0.25, -0.2) is 0 Å². The van der Waals surface area contributed by atoms with Crippen molar-refractivity contribution in [2.45, 2.75) is 5.33 Å². The lowest BCUT2D eigenvalue weighted by atomic mass is 10.1. The molecule has 0 heterocycles. The van der Waals surface area contributed by atoms with Gasteiger partial charge in [-0.3, -0.25) is 4.79 Å². The third-order valence-corrected chi connectivity index (χ3v) is 2.38. The van der Waals surface area contributed by atoms with Crippen molar-refractivity contribution < 1.29 is 4.79 Å². The van der Waals surface area contributed by atoms with E-state index in [0.717, 1.165) is 17.4 Å². The zero-order valence-electron chi connectivity index (χ0n) is 7.40. The van der Waals surface area contributed by atoms with E-state index in [1.54, 1.807) is 18.2 Å². The number of allylic oxidation sites excluding steroid dienone is 1. The van der Waals surface area contributed by atoms with Crippen LogP contribution < -0.4 is 0 Å². The third-order valence-electron chi connectivity index (χ3n) is 1.77. The first-order valence-electron chi connectivity index (χ1n) is 4.02. The number of hydrogen-bond donors (Lipinski definition) is 0. The number of carbonyl (C=O) groups is 1. The van der Waals surface area contributed by atoms with Gasteiger partial charge >= 0.3 is 0 Å². The number of aldehydes is 1. The predicted molar refractivity (Wildman–Crippen MR) is 58.9 cm³/mol. The maximum absolute atomic E-state index is 10.2. The van der Waals surface area contributed by atoms with Gasteiger partial charge in [-0.05, 0) is 29.3 Å². The second kappa shape index (κ2) is 5.36. The van der Waals surface area contributed by atoms with E-state index in [9.17, 15) is 4.79 Å². The van der Waals surface area contributed by atoms with Crippen LogP contribution in [-0.4, -0.2) is 6.29 Å². The number of nitriles is 1. The Hall–Kier alpha value is -1.40. The smallest absolute Gasteiger partial charge is 0.142 e. The van der Waals surface area contributed by atoms with Gasteiger partial charge < -0.3 is 0 Å². The Balaban J connectivity index is 3.16. The van der Waals surface area contributed by atoms with Crippen LogP contribution in [0, 0.1) is 11.3 Å². The highest BCUT2D eigenvalue weighted by molar-refractivity contribution is 9.08. The van der Waals surface area contributed by atoms with Gasteiger partial charge in [-0.2, -0.15) is 5.26 Å². The van der Waals surface area contributed by atoms with Crippen LogP contribution in [0.3, 0.4) is 0 Å². The van der Waals surface area contributed by atoms with E-state index in [1.807, 2.05) is 6.07 Å². The van der Waals surface area contributed by atoms with Gasteiger partial charge in [0, 0.05) is 5.33 Å². The molecular weight excluding hydrogens is 242 g/mol. The molecule has 0 unspecified atom stereocenters. The molecule has 0 spiro atoms. The minimum absolute atomic E-state index is 0.597. The zero-order chi connectivity index (χ0) is 10.4. The molecule has 2 nitrogen and oxygen atoms in total. The summed E-state index contributed by atoms with van der Waals surface area (Å²) in [6.07, 6.45) is 3.84. The monoisotopic (exact) mass is 249 g/mol. The molecule has 0 aromatic heterocycles.